The number of hydrogen-bond donors (Lipinski definition) is 2. The van der Waals surface area contributed by atoms with E-state index in [1.54, 1.807) is 6.08 Å². The van der Waals surface area contributed by atoms with Gasteiger partial charge in [0.05, 0.1) is 11.1 Å². The minimum Gasteiger partial charge on any atom is -0.512 e. The topological polar surface area (TPSA) is 74.6 Å². The van der Waals surface area contributed by atoms with Crippen molar-refractivity contribution in [2.45, 2.75) is 12.8 Å². The lowest BCUT2D eigenvalue weighted by Gasteiger charge is -2.23. The van der Waals surface area contributed by atoms with Crippen LogP contribution in [0.25, 0.3) is 0 Å². The molecule has 0 spiro atoms. The number of aliphatic hydroxyl groups excluding tert-OH is 1. The summed E-state index contributed by atoms with van der Waals surface area (Å²) in [6, 6.07) is 4.37. The number of phenols is 1. The highest BCUT2D eigenvalue weighted by molar-refractivity contribution is 6.32. The van der Waals surface area contributed by atoms with E-state index in [1.807, 2.05) is 0 Å². The van der Waals surface area contributed by atoms with Gasteiger partial charge in [0.2, 0.25) is 0 Å². The third-order valence-corrected chi connectivity index (χ3v) is 3.27. The predicted molar refractivity (Wildman–Crippen MR) is 63.7 cm³/mol. The van der Waals surface area contributed by atoms with E-state index in [0.717, 1.165) is 0 Å². The summed E-state index contributed by atoms with van der Waals surface area (Å²) in [5.74, 6) is -1.04. The molecule has 0 aliphatic heterocycles. The number of benzene rings is 1. The van der Waals surface area contributed by atoms with Crippen LogP contribution in [-0.2, 0) is 0 Å². The highest BCUT2D eigenvalue weighted by Crippen LogP contribution is 2.38. The molecule has 1 aromatic carbocycles. The summed E-state index contributed by atoms with van der Waals surface area (Å²) in [5.41, 5.74) is 0.481. The second-order valence-electron chi connectivity index (χ2n) is 4.34. The predicted octanol–water partition coefficient (Wildman–Crippen LogP) is 2.30. The molecule has 4 heteroatoms. The fraction of sp³-hybridized carbons (Fsp3) is 0.143. The molecule has 1 aromatic rings. The molecule has 0 unspecified atom stereocenters. The van der Waals surface area contributed by atoms with Gasteiger partial charge in [-0.1, -0.05) is 18.2 Å². The summed E-state index contributed by atoms with van der Waals surface area (Å²) in [6.45, 7) is 0. The Balaban J connectivity index is 2.35. The van der Waals surface area contributed by atoms with Gasteiger partial charge in [0.15, 0.2) is 11.6 Å². The van der Waals surface area contributed by atoms with Crippen LogP contribution in [0.5, 0.6) is 5.75 Å². The Morgan fingerprint density at radius 1 is 1.06 bits per heavy atom. The molecule has 4 nitrogen and oxygen atoms in total. The number of fused-ring (bicyclic) bond motifs is 2. The average molecular weight is 242 g/mol. The lowest BCUT2D eigenvalue weighted by molar-refractivity contribution is 0.0963. The summed E-state index contributed by atoms with van der Waals surface area (Å²) >= 11 is 0. The molecule has 3 rings (SSSR count). The van der Waals surface area contributed by atoms with Crippen molar-refractivity contribution in [1.29, 1.82) is 0 Å². The van der Waals surface area contributed by atoms with Gasteiger partial charge in [-0.25, -0.2) is 0 Å². The first kappa shape index (κ1) is 10.8. The Hall–Kier alpha value is -2.36. The summed E-state index contributed by atoms with van der Waals surface area (Å²) in [4.78, 5) is 24.5. The number of rotatable bonds is 0. The third kappa shape index (κ3) is 1.26. The maximum absolute atomic E-state index is 12.2. The van der Waals surface area contributed by atoms with Crippen LogP contribution in [0.1, 0.15) is 33.6 Å². The molecule has 0 saturated heterocycles. The van der Waals surface area contributed by atoms with Gasteiger partial charge >= 0.3 is 0 Å². The molecule has 2 aliphatic carbocycles. The van der Waals surface area contributed by atoms with E-state index in [1.165, 1.54) is 18.2 Å². The van der Waals surface area contributed by atoms with Gasteiger partial charge in [-0.05, 0) is 12.5 Å². The average Bonchev–Trinajstić information content (AvgIpc) is 2.35. The van der Waals surface area contributed by atoms with Crippen molar-refractivity contribution in [2.75, 3.05) is 0 Å². The Labute approximate surface area is 103 Å². The van der Waals surface area contributed by atoms with Gasteiger partial charge in [-0.15, -0.1) is 0 Å². The Morgan fingerprint density at radius 2 is 1.83 bits per heavy atom. The molecule has 2 aliphatic rings. The number of ketones is 2. The van der Waals surface area contributed by atoms with Gasteiger partial charge in [0.25, 0.3) is 0 Å². The van der Waals surface area contributed by atoms with Crippen LogP contribution in [0.3, 0.4) is 0 Å². The van der Waals surface area contributed by atoms with E-state index in [0.29, 0.717) is 12.8 Å². The van der Waals surface area contributed by atoms with Crippen LogP contribution in [0.2, 0.25) is 0 Å². The number of hydrogen-bond acceptors (Lipinski definition) is 4. The fourth-order valence-corrected chi connectivity index (χ4v) is 2.43. The molecule has 0 atom stereocenters. The lowest BCUT2D eigenvalue weighted by Crippen LogP contribution is -2.25. The Kier molecular flexibility index (Phi) is 2.13. The maximum Gasteiger partial charge on any atom is 0.198 e. The Morgan fingerprint density at radius 3 is 2.61 bits per heavy atom. The quantitative estimate of drug-likeness (QED) is 0.732. The van der Waals surface area contributed by atoms with E-state index in [4.69, 9.17) is 0 Å². The van der Waals surface area contributed by atoms with E-state index >= 15 is 0 Å². The van der Waals surface area contributed by atoms with Crippen molar-refractivity contribution < 1.29 is 19.8 Å². The number of allylic oxidation sites excluding steroid dienone is 4. The lowest BCUT2D eigenvalue weighted by atomic mass is 9.78. The number of carbonyl (C=O) groups is 2. The second kappa shape index (κ2) is 3.57. The monoisotopic (exact) mass is 242 g/mol. The number of aliphatic hydroxyl groups is 1. The molecular weight excluding hydrogens is 232 g/mol. The minimum absolute atomic E-state index is 0.0344. The summed E-state index contributed by atoms with van der Waals surface area (Å²) in [7, 11) is 0. The molecular formula is C14H10O4. The van der Waals surface area contributed by atoms with E-state index < -0.39 is 11.6 Å². The van der Waals surface area contributed by atoms with Gasteiger partial charge in [-0.3, -0.25) is 9.59 Å². The molecule has 0 radical (unpaired) electrons. The van der Waals surface area contributed by atoms with Crippen molar-refractivity contribution in [3.8, 4) is 5.75 Å². The number of Topliss-reactive ketones (excluding diaryl/α,β-unsaturated/α-hetero) is 2. The van der Waals surface area contributed by atoms with Gasteiger partial charge < -0.3 is 10.2 Å². The zero-order chi connectivity index (χ0) is 12.9. The van der Waals surface area contributed by atoms with Crippen molar-refractivity contribution in [3.05, 3.63) is 52.3 Å². The van der Waals surface area contributed by atoms with Gasteiger partial charge in [-0.2, -0.15) is 0 Å². The van der Waals surface area contributed by atoms with Crippen molar-refractivity contribution in [2.24, 2.45) is 0 Å². The zero-order valence-electron chi connectivity index (χ0n) is 9.43. The molecule has 90 valence electrons. The SMILES string of the molecule is O=C1C2=C(O)CCC=C2C(=O)c2c(O)cccc21. The second-order valence-corrected chi connectivity index (χ2v) is 4.34. The first-order valence-corrected chi connectivity index (χ1v) is 5.65. The molecule has 18 heavy (non-hydrogen) atoms. The van der Waals surface area contributed by atoms with Gasteiger partial charge in [0, 0.05) is 17.6 Å². The molecule has 0 aromatic heterocycles. The molecule has 0 heterocycles. The van der Waals surface area contributed by atoms with E-state index in [-0.39, 0.29) is 33.8 Å². The molecule has 0 bridgehead atoms. The van der Waals surface area contributed by atoms with Gasteiger partial charge in [0.1, 0.15) is 11.5 Å². The first-order chi connectivity index (χ1) is 8.61. The molecule has 0 amide bonds. The Bertz CT molecular complexity index is 650. The zero-order valence-corrected chi connectivity index (χ0v) is 9.43. The largest absolute Gasteiger partial charge is 0.512 e. The molecule has 2 N–H and O–H groups in total. The highest BCUT2D eigenvalue weighted by Gasteiger charge is 2.37. The van der Waals surface area contributed by atoms with Crippen molar-refractivity contribution in [1.82, 2.24) is 0 Å². The van der Waals surface area contributed by atoms with Crippen LogP contribution in [0.4, 0.5) is 0 Å². The summed E-state index contributed by atoms with van der Waals surface area (Å²) < 4.78 is 0. The first-order valence-electron chi connectivity index (χ1n) is 5.65. The minimum atomic E-state index is -0.399. The van der Waals surface area contributed by atoms with Crippen molar-refractivity contribution >= 4 is 11.6 Å². The standard InChI is InChI=1S/C14H10O4/c15-9-5-1-3-7-11(9)14(18)8-4-2-6-10(16)12(8)13(7)17/h1,3-5,15-16H,2,6H2. The summed E-state index contributed by atoms with van der Waals surface area (Å²) in [6.07, 6.45) is 2.53. The smallest absolute Gasteiger partial charge is 0.198 e. The van der Waals surface area contributed by atoms with Crippen molar-refractivity contribution in [3.63, 3.8) is 0 Å². The highest BCUT2D eigenvalue weighted by atomic mass is 16.3. The molecule has 0 fully saturated rings. The summed E-state index contributed by atoms with van der Waals surface area (Å²) in [5, 5.41) is 19.5. The van der Waals surface area contributed by atoms with Crippen LogP contribution in [0, 0.1) is 0 Å². The molecule has 0 saturated carbocycles. The van der Waals surface area contributed by atoms with Crippen LogP contribution < -0.4 is 0 Å². The van der Waals surface area contributed by atoms with Crippen LogP contribution >= 0.6 is 0 Å². The number of phenolic OH excluding ortho intramolecular Hbond substituents is 1. The number of aromatic hydroxyl groups is 1. The van der Waals surface area contributed by atoms with E-state index in [9.17, 15) is 19.8 Å². The maximum atomic E-state index is 12.2. The number of carbonyl (C=O) groups excluding carboxylic acids is 2. The normalized spacial score (nSPS) is 18.3. The van der Waals surface area contributed by atoms with Crippen LogP contribution in [-0.4, -0.2) is 21.8 Å². The van der Waals surface area contributed by atoms with E-state index in [2.05, 4.69) is 0 Å². The third-order valence-electron chi connectivity index (χ3n) is 3.27. The van der Waals surface area contributed by atoms with Crippen LogP contribution in [0.15, 0.2) is 41.2 Å². The fourth-order valence-electron chi connectivity index (χ4n) is 2.43.